The van der Waals surface area contributed by atoms with Crippen LogP contribution in [0.4, 0.5) is 0 Å². The minimum Gasteiger partial charge on any atom is -0.358 e. The average Bonchev–Trinajstić information content (AvgIpc) is 3.15. The van der Waals surface area contributed by atoms with Gasteiger partial charge in [-0.15, -0.1) is 0 Å². The first-order chi connectivity index (χ1) is 11.6. The number of benzene rings is 1. The zero-order valence-corrected chi connectivity index (χ0v) is 14.7. The second-order valence-corrected chi connectivity index (χ2v) is 7.64. The second-order valence-electron chi connectivity index (χ2n) is 7.20. The molecule has 2 aromatic rings. The molecule has 0 saturated heterocycles. The van der Waals surface area contributed by atoms with Crippen molar-refractivity contribution in [1.82, 2.24) is 10.3 Å². The third-order valence-corrected chi connectivity index (χ3v) is 5.60. The van der Waals surface area contributed by atoms with Crippen molar-refractivity contribution in [1.29, 1.82) is 0 Å². The summed E-state index contributed by atoms with van der Waals surface area (Å²) >= 11 is 6.25. The Morgan fingerprint density at radius 2 is 2.25 bits per heavy atom. The molecule has 0 spiro atoms. The zero-order valence-electron chi connectivity index (χ0n) is 14.0. The molecule has 4 rings (SSSR count). The van der Waals surface area contributed by atoms with Gasteiger partial charge in [-0.1, -0.05) is 23.8 Å². The van der Waals surface area contributed by atoms with Crippen LogP contribution in [-0.4, -0.2) is 16.9 Å². The lowest BCUT2D eigenvalue weighted by molar-refractivity contribution is -0.122. The van der Waals surface area contributed by atoms with E-state index in [-0.39, 0.29) is 11.9 Å². The number of halogens is 1. The molecule has 1 aromatic heterocycles. The highest BCUT2D eigenvalue weighted by molar-refractivity contribution is 6.31. The second kappa shape index (κ2) is 6.29. The lowest BCUT2D eigenvalue weighted by atomic mass is 9.91. The number of hydrogen-bond acceptors (Lipinski definition) is 1. The molecule has 0 bridgehead atoms. The molecule has 2 N–H and O–H groups in total. The molecule has 0 saturated carbocycles. The van der Waals surface area contributed by atoms with Gasteiger partial charge in [0, 0.05) is 34.1 Å². The van der Waals surface area contributed by atoms with Gasteiger partial charge in [0.15, 0.2) is 0 Å². The van der Waals surface area contributed by atoms with Crippen LogP contribution < -0.4 is 5.32 Å². The van der Waals surface area contributed by atoms with Crippen LogP contribution in [0, 0.1) is 12.8 Å². The van der Waals surface area contributed by atoms with Crippen molar-refractivity contribution in [2.45, 2.75) is 51.5 Å². The van der Waals surface area contributed by atoms with Crippen LogP contribution in [0.5, 0.6) is 0 Å². The number of rotatable bonds is 3. The Balaban J connectivity index is 1.50. The van der Waals surface area contributed by atoms with Crippen LogP contribution in [0.3, 0.4) is 0 Å². The van der Waals surface area contributed by atoms with E-state index in [1.165, 1.54) is 27.7 Å². The third kappa shape index (κ3) is 2.98. The summed E-state index contributed by atoms with van der Waals surface area (Å²) in [5.41, 5.74) is 5.00. The SMILES string of the molecule is Cc1cc(Cl)cc2c3c([nH]c12)CC[C@@H](NC(=O)C[C@H]1C=CCC1)C3. The van der Waals surface area contributed by atoms with Gasteiger partial charge < -0.3 is 10.3 Å². The summed E-state index contributed by atoms with van der Waals surface area (Å²) in [5.74, 6) is 0.618. The predicted octanol–water partition coefficient (Wildman–Crippen LogP) is 4.46. The fraction of sp³-hybridized carbons (Fsp3) is 0.450. The Labute approximate surface area is 147 Å². The Kier molecular flexibility index (Phi) is 4.13. The highest BCUT2D eigenvalue weighted by Crippen LogP contribution is 2.33. The van der Waals surface area contributed by atoms with Crippen molar-refractivity contribution in [3.05, 3.63) is 46.1 Å². The van der Waals surface area contributed by atoms with E-state index in [0.29, 0.717) is 12.3 Å². The number of aryl methyl sites for hydroxylation is 2. The number of carbonyl (C=O) groups excluding carboxylic acids is 1. The Bertz CT molecular complexity index is 821. The summed E-state index contributed by atoms with van der Waals surface area (Å²) in [6.45, 7) is 2.09. The Morgan fingerprint density at radius 3 is 3.04 bits per heavy atom. The molecule has 2 aliphatic carbocycles. The van der Waals surface area contributed by atoms with Gasteiger partial charge in [-0.3, -0.25) is 4.79 Å². The molecule has 4 heteroatoms. The predicted molar refractivity (Wildman–Crippen MR) is 98.5 cm³/mol. The molecule has 1 aromatic carbocycles. The summed E-state index contributed by atoms with van der Waals surface area (Å²) in [4.78, 5) is 15.9. The summed E-state index contributed by atoms with van der Waals surface area (Å²) in [6.07, 6.45) is 10.1. The third-order valence-electron chi connectivity index (χ3n) is 5.38. The summed E-state index contributed by atoms with van der Waals surface area (Å²) < 4.78 is 0. The minimum atomic E-state index is 0.189. The number of amides is 1. The topological polar surface area (TPSA) is 44.9 Å². The van der Waals surface area contributed by atoms with Gasteiger partial charge in [-0.25, -0.2) is 0 Å². The fourth-order valence-electron chi connectivity index (χ4n) is 4.16. The Morgan fingerprint density at radius 1 is 1.38 bits per heavy atom. The van der Waals surface area contributed by atoms with Gasteiger partial charge in [0.05, 0.1) is 0 Å². The standard InChI is InChI=1S/C20H23ClN2O/c1-12-8-14(21)10-17-16-11-15(6-7-18(16)23-20(12)17)22-19(24)9-13-4-2-3-5-13/h2,4,8,10,13,15,23H,3,5-7,9,11H2,1H3,(H,22,24)/t13-,15+/m0/s1. The minimum absolute atomic E-state index is 0.189. The van der Waals surface area contributed by atoms with E-state index in [4.69, 9.17) is 11.6 Å². The van der Waals surface area contributed by atoms with Crippen molar-refractivity contribution in [3.8, 4) is 0 Å². The first kappa shape index (κ1) is 15.8. The molecule has 0 unspecified atom stereocenters. The molecular formula is C20H23ClN2O. The maximum atomic E-state index is 12.3. The average molecular weight is 343 g/mol. The van der Waals surface area contributed by atoms with Crippen LogP contribution in [0.15, 0.2) is 24.3 Å². The van der Waals surface area contributed by atoms with Crippen molar-refractivity contribution in [2.75, 3.05) is 0 Å². The molecule has 126 valence electrons. The molecule has 0 radical (unpaired) electrons. The maximum Gasteiger partial charge on any atom is 0.220 e. The molecule has 2 atom stereocenters. The van der Waals surface area contributed by atoms with Gasteiger partial charge in [0.2, 0.25) is 5.91 Å². The van der Waals surface area contributed by atoms with Crippen LogP contribution in [0.25, 0.3) is 10.9 Å². The number of allylic oxidation sites excluding steroid dienone is 2. The van der Waals surface area contributed by atoms with E-state index in [9.17, 15) is 4.79 Å². The quantitative estimate of drug-likeness (QED) is 0.795. The normalized spacial score (nSPS) is 22.8. The molecule has 1 amide bonds. The maximum absolute atomic E-state index is 12.3. The monoisotopic (exact) mass is 342 g/mol. The number of carbonyl (C=O) groups is 1. The lowest BCUT2D eigenvalue weighted by Crippen LogP contribution is -2.39. The molecule has 2 aliphatic rings. The lowest BCUT2D eigenvalue weighted by Gasteiger charge is -2.24. The van der Waals surface area contributed by atoms with Crippen LogP contribution in [0.1, 0.15) is 42.5 Å². The van der Waals surface area contributed by atoms with Gasteiger partial charge >= 0.3 is 0 Å². The fourth-order valence-corrected chi connectivity index (χ4v) is 4.44. The van der Waals surface area contributed by atoms with Crippen LogP contribution in [-0.2, 0) is 17.6 Å². The van der Waals surface area contributed by atoms with E-state index in [2.05, 4.69) is 29.4 Å². The number of nitrogens with one attached hydrogen (secondary N) is 2. The van der Waals surface area contributed by atoms with Crippen molar-refractivity contribution < 1.29 is 4.79 Å². The first-order valence-corrected chi connectivity index (χ1v) is 9.23. The Hall–Kier alpha value is -1.74. The molecule has 0 fully saturated rings. The number of H-pyrrole nitrogens is 1. The first-order valence-electron chi connectivity index (χ1n) is 8.86. The van der Waals surface area contributed by atoms with Crippen molar-refractivity contribution in [2.24, 2.45) is 5.92 Å². The highest BCUT2D eigenvalue weighted by Gasteiger charge is 2.25. The van der Waals surface area contributed by atoms with Gasteiger partial charge in [-0.05, 0) is 68.2 Å². The molecule has 24 heavy (non-hydrogen) atoms. The number of hydrogen-bond donors (Lipinski definition) is 2. The van der Waals surface area contributed by atoms with Crippen molar-refractivity contribution in [3.63, 3.8) is 0 Å². The molecular weight excluding hydrogens is 320 g/mol. The molecule has 1 heterocycles. The number of aromatic amines is 1. The highest BCUT2D eigenvalue weighted by atomic mass is 35.5. The van der Waals surface area contributed by atoms with E-state index in [0.717, 1.165) is 37.1 Å². The summed E-state index contributed by atoms with van der Waals surface area (Å²) in [7, 11) is 0. The molecule has 0 aliphatic heterocycles. The largest absolute Gasteiger partial charge is 0.358 e. The van der Waals surface area contributed by atoms with Gasteiger partial charge in [0.25, 0.3) is 0 Å². The van der Waals surface area contributed by atoms with E-state index >= 15 is 0 Å². The van der Waals surface area contributed by atoms with Crippen LogP contribution >= 0.6 is 11.6 Å². The smallest absolute Gasteiger partial charge is 0.220 e. The van der Waals surface area contributed by atoms with Gasteiger partial charge in [-0.2, -0.15) is 0 Å². The van der Waals surface area contributed by atoms with Crippen molar-refractivity contribution >= 4 is 28.4 Å². The summed E-state index contributed by atoms with van der Waals surface area (Å²) in [5, 5.41) is 5.24. The van der Waals surface area contributed by atoms with Crippen LogP contribution in [0.2, 0.25) is 5.02 Å². The van der Waals surface area contributed by atoms with Gasteiger partial charge in [0.1, 0.15) is 0 Å². The van der Waals surface area contributed by atoms with E-state index in [1.54, 1.807) is 0 Å². The number of fused-ring (bicyclic) bond motifs is 3. The summed E-state index contributed by atoms with van der Waals surface area (Å²) in [6, 6.07) is 4.28. The number of aromatic nitrogens is 1. The molecule has 3 nitrogen and oxygen atoms in total. The zero-order chi connectivity index (χ0) is 16.7. The van der Waals surface area contributed by atoms with E-state index in [1.807, 2.05) is 12.1 Å². The van der Waals surface area contributed by atoms with E-state index < -0.39 is 0 Å².